The molecule has 0 saturated heterocycles. The summed E-state index contributed by atoms with van der Waals surface area (Å²) in [5.41, 5.74) is 0.161. The summed E-state index contributed by atoms with van der Waals surface area (Å²) in [5.74, 6) is -1.91. The fourth-order valence-electron chi connectivity index (χ4n) is 1.95. The number of hydrogen-bond acceptors (Lipinski definition) is 9. The van der Waals surface area contributed by atoms with E-state index in [1.165, 1.54) is 12.1 Å². The first-order chi connectivity index (χ1) is 12.3. The Morgan fingerprint density at radius 1 is 1.31 bits per heavy atom. The van der Waals surface area contributed by atoms with Crippen LogP contribution in [0.1, 0.15) is 0 Å². The van der Waals surface area contributed by atoms with Crippen LogP contribution in [0.5, 0.6) is 5.88 Å². The molecule has 0 radical (unpaired) electrons. The van der Waals surface area contributed by atoms with Gasteiger partial charge in [-0.3, -0.25) is 4.52 Å². The van der Waals surface area contributed by atoms with Crippen molar-refractivity contribution in [2.24, 2.45) is 0 Å². The Balaban J connectivity index is 1.98. The Hall–Kier alpha value is -2.54. The quantitative estimate of drug-likeness (QED) is 0.545. The van der Waals surface area contributed by atoms with E-state index >= 15 is 0 Å². The molecule has 138 valence electrons. The molecule has 2 heterocycles. The molecule has 2 aromatic heterocycles. The van der Waals surface area contributed by atoms with Gasteiger partial charge in [-0.05, 0) is 44.4 Å². The van der Waals surface area contributed by atoms with E-state index in [9.17, 15) is 17.6 Å². The fourth-order valence-corrected chi connectivity index (χ4v) is 2.71. The highest BCUT2D eigenvalue weighted by Crippen LogP contribution is 2.27. The minimum atomic E-state index is -3.24. The van der Waals surface area contributed by atoms with Gasteiger partial charge in [0.25, 0.3) is 5.88 Å². The predicted molar refractivity (Wildman–Crippen MR) is 88.3 cm³/mol. The second-order valence-corrected chi connectivity index (χ2v) is 8.22. The largest absolute Gasteiger partial charge is 0.473 e. The molecule has 3 rings (SSSR count). The van der Waals surface area contributed by atoms with Gasteiger partial charge in [-0.15, -0.1) is 0 Å². The summed E-state index contributed by atoms with van der Waals surface area (Å²) in [5, 5.41) is 10.7. The van der Waals surface area contributed by atoms with Gasteiger partial charge >= 0.3 is 5.76 Å². The van der Waals surface area contributed by atoms with Crippen molar-refractivity contribution in [2.75, 3.05) is 18.6 Å². The highest BCUT2D eigenvalue weighted by atomic mass is 79.9. The summed E-state index contributed by atoms with van der Waals surface area (Å²) in [6.45, 7) is -0.204. The maximum Gasteiger partial charge on any atom is 0.446 e. The standard InChI is InChI=1S/C13H10BrFN4O6S/c1-26(21,22)5-4-23-12-10(16-25-18-12)11-17-24-13(20)19(11)7-2-3-9(15)8(14)6-7/h2-3,6H,4-5H2,1H3. The molecular weight excluding hydrogens is 439 g/mol. The van der Waals surface area contributed by atoms with Gasteiger partial charge in [-0.25, -0.2) is 26.8 Å². The summed E-state index contributed by atoms with van der Waals surface area (Å²) in [4.78, 5) is 12.0. The van der Waals surface area contributed by atoms with Crippen LogP contribution in [0.4, 0.5) is 4.39 Å². The van der Waals surface area contributed by atoms with Crippen LogP contribution in [0.2, 0.25) is 0 Å². The Bertz CT molecular complexity index is 1110. The third-order valence-corrected chi connectivity index (χ3v) is 4.65. The van der Waals surface area contributed by atoms with Crippen molar-refractivity contribution in [3.8, 4) is 23.1 Å². The van der Waals surface area contributed by atoms with E-state index in [2.05, 4.69) is 40.6 Å². The van der Waals surface area contributed by atoms with Crippen molar-refractivity contribution >= 4 is 25.8 Å². The van der Waals surface area contributed by atoms with E-state index in [-0.39, 0.29) is 39.9 Å². The highest BCUT2D eigenvalue weighted by molar-refractivity contribution is 9.10. The van der Waals surface area contributed by atoms with E-state index in [1.54, 1.807) is 0 Å². The van der Waals surface area contributed by atoms with Crippen molar-refractivity contribution < 1.29 is 26.7 Å². The molecule has 10 nitrogen and oxygen atoms in total. The molecular formula is C13H10BrFN4O6S. The smallest absolute Gasteiger partial charge is 0.446 e. The predicted octanol–water partition coefficient (Wildman–Crippen LogP) is 1.20. The molecule has 0 aliphatic rings. The minimum absolute atomic E-state index is 0.0789. The number of benzene rings is 1. The van der Waals surface area contributed by atoms with Crippen LogP contribution in [0.15, 0.2) is 36.6 Å². The first-order valence-electron chi connectivity index (χ1n) is 6.94. The zero-order chi connectivity index (χ0) is 18.9. The lowest BCUT2D eigenvalue weighted by Crippen LogP contribution is -2.15. The molecule has 1 aromatic carbocycles. The fraction of sp³-hybridized carbons (Fsp3) is 0.231. The Kier molecular flexibility index (Phi) is 4.91. The number of sulfone groups is 1. The van der Waals surface area contributed by atoms with Crippen LogP contribution in [-0.4, -0.2) is 47.1 Å². The molecule has 0 bridgehead atoms. The Morgan fingerprint density at radius 3 is 2.77 bits per heavy atom. The van der Waals surface area contributed by atoms with Gasteiger partial charge in [0.05, 0.1) is 15.9 Å². The van der Waals surface area contributed by atoms with E-state index < -0.39 is 21.4 Å². The summed E-state index contributed by atoms with van der Waals surface area (Å²) in [7, 11) is -3.24. The lowest BCUT2D eigenvalue weighted by Gasteiger charge is -2.05. The average molecular weight is 449 g/mol. The van der Waals surface area contributed by atoms with Crippen LogP contribution in [0.25, 0.3) is 17.2 Å². The normalized spacial score (nSPS) is 11.7. The second-order valence-electron chi connectivity index (χ2n) is 5.10. The second kappa shape index (κ2) is 6.99. The molecule has 0 saturated carbocycles. The van der Waals surface area contributed by atoms with Gasteiger partial charge < -0.3 is 4.74 Å². The van der Waals surface area contributed by atoms with Gasteiger partial charge in [0.1, 0.15) is 12.4 Å². The van der Waals surface area contributed by atoms with Crippen molar-refractivity contribution in [3.63, 3.8) is 0 Å². The molecule has 0 fully saturated rings. The molecule has 0 atom stereocenters. The van der Waals surface area contributed by atoms with E-state index in [1.807, 2.05) is 0 Å². The lowest BCUT2D eigenvalue weighted by molar-refractivity contribution is 0.264. The number of aromatic nitrogens is 4. The van der Waals surface area contributed by atoms with Crippen molar-refractivity contribution in [1.82, 2.24) is 20.0 Å². The topological polar surface area (TPSA) is 130 Å². The van der Waals surface area contributed by atoms with Crippen molar-refractivity contribution in [2.45, 2.75) is 0 Å². The van der Waals surface area contributed by atoms with E-state index in [0.717, 1.165) is 16.9 Å². The zero-order valence-electron chi connectivity index (χ0n) is 13.0. The van der Waals surface area contributed by atoms with Crippen molar-refractivity contribution in [1.29, 1.82) is 0 Å². The Morgan fingerprint density at radius 2 is 2.08 bits per heavy atom. The number of rotatable bonds is 6. The molecule has 0 amide bonds. The van der Waals surface area contributed by atoms with Crippen LogP contribution in [0, 0.1) is 5.82 Å². The number of ether oxygens (including phenoxy) is 1. The monoisotopic (exact) mass is 448 g/mol. The molecule has 0 N–H and O–H groups in total. The first kappa shape index (κ1) is 18.3. The number of nitrogens with zero attached hydrogens (tertiary/aromatic N) is 4. The number of halogens is 2. The maximum absolute atomic E-state index is 13.4. The van der Waals surface area contributed by atoms with Gasteiger partial charge in [0, 0.05) is 6.26 Å². The summed E-state index contributed by atoms with van der Waals surface area (Å²) in [6.07, 6.45) is 1.06. The van der Waals surface area contributed by atoms with Crippen LogP contribution >= 0.6 is 15.9 Å². The van der Waals surface area contributed by atoms with Crippen LogP contribution in [0.3, 0.4) is 0 Å². The van der Waals surface area contributed by atoms with Gasteiger partial charge in [-0.2, -0.15) is 0 Å². The number of hydrogen-bond donors (Lipinski definition) is 0. The van der Waals surface area contributed by atoms with Gasteiger partial charge in [0.2, 0.25) is 11.5 Å². The summed E-state index contributed by atoms with van der Waals surface area (Å²) in [6, 6.07) is 3.82. The van der Waals surface area contributed by atoms with E-state index in [4.69, 9.17) is 4.74 Å². The molecule has 26 heavy (non-hydrogen) atoms. The third-order valence-electron chi connectivity index (χ3n) is 3.13. The summed E-state index contributed by atoms with van der Waals surface area (Å²) >= 11 is 3.03. The average Bonchev–Trinajstić information content (AvgIpc) is 3.15. The first-order valence-corrected chi connectivity index (χ1v) is 9.79. The van der Waals surface area contributed by atoms with Crippen molar-refractivity contribution in [3.05, 3.63) is 39.0 Å². The minimum Gasteiger partial charge on any atom is -0.473 e. The van der Waals surface area contributed by atoms with Crippen LogP contribution < -0.4 is 10.5 Å². The Labute approximate surface area is 153 Å². The zero-order valence-corrected chi connectivity index (χ0v) is 15.5. The molecule has 0 aliphatic heterocycles. The van der Waals surface area contributed by atoms with Crippen LogP contribution in [-0.2, 0) is 9.84 Å². The highest BCUT2D eigenvalue weighted by Gasteiger charge is 2.24. The van der Waals surface area contributed by atoms with Gasteiger partial charge in [-0.1, -0.05) is 5.16 Å². The SMILES string of the molecule is CS(=O)(=O)CCOc1nonc1-c1noc(=O)n1-c1ccc(F)c(Br)c1. The molecule has 0 unspecified atom stereocenters. The maximum atomic E-state index is 13.4. The summed E-state index contributed by atoms with van der Waals surface area (Å²) < 4.78 is 51.4. The third kappa shape index (κ3) is 3.83. The van der Waals surface area contributed by atoms with Gasteiger partial charge in [0.15, 0.2) is 9.84 Å². The molecule has 0 aliphatic carbocycles. The van der Waals surface area contributed by atoms with E-state index in [0.29, 0.717) is 0 Å². The molecule has 13 heteroatoms. The molecule has 3 aromatic rings. The molecule has 0 spiro atoms. The lowest BCUT2D eigenvalue weighted by atomic mass is 10.3.